The Kier molecular flexibility index (Phi) is 7.64. The largest absolute Gasteiger partial charge is 0.461 e. The molecule has 44 heavy (non-hydrogen) atoms. The van der Waals surface area contributed by atoms with Gasteiger partial charge >= 0.3 is 6.01 Å². The first-order valence-electron chi connectivity index (χ1n) is 15.6. The van der Waals surface area contributed by atoms with E-state index in [1.165, 1.54) is 18.5 Å². The van der Waals surface area contributed by atoms with Gasteiger partial charge in [0.25, 0.3) is 0 Å². The summed E-state index contributed by atoms with van der Waals surface area (Å²) >= 11 is 0. The minimum absolute atomic E-state index is 0.0122. The highest BCUT2D eigenvalue weighted by atomic mass is 32.2. The third-order valence-corrected chi connectivity index (χ3v) is 11.4. The smallest absolute Gasteiger partial charge is 0.319 e. The predicted octanol–water partition coefficient (Wildman–Crippen LogP) is 5.92. The molecule has 0 aliphatic carbocycles. The Labute approximate surface area is 256 Å². The Balaban J connectivity index is 1.36. The van der Waals surface area contributed by atoms with Crippen molar-refractivity contribution in [3.05, 3.63) is 54.2 Å². The number of rotatable bonds is 6. The summed E-state index contributed by atoms with van der Waals surface area (Å²) in [6.07, 6.45) is 10.2. The molecule has 4 aromatic rings. The molecule has 2 aromatic heterocycles. The molecular weight excluding hydrogens is 584 g/mol. The predicted molar refractivity (Wildman–Crippen MR) is 168 cm³/mol. The third-order valence-electron chi connectivity index (χ3n) is 9.82. The molecule has 2 aromatic carbocycles. The van der Waals surface area contributed by atoms with E-state index < -0.39 is 26.7 Å². The number of aromatic nitrogens is 3. The van der Waals surface area contributed by atoms with Gasteiger partial charge < -0.3 is 9.64 Å². The zero-order valence-corrected chi connectivity index (χ0v) is 25.8. The van der Waals surface area contributed by atoms with Gasteiger partial charge in [-0.25, -0.2) is 17.2 Å². The van der Waals surface area contributed by atoms with Crippen molar-refractivity contribution < 1.29 is 21.9 Å². The van der Waals surface area contributed by atoms with Gasteiger partial charge in [-0.05, 0) is 63.1 Å². The molecule has 8 nitrogen and oxygen atoms in total. The molecule has 3 fully saturated rings. The number of hydrogen-bond acceptors (Lipinski definition) is 8. The number of halogens is 2. The molecule has 1 atom stereocenters. The molecule has 0 radical (unpaired) electrons. The highest BCUT2D eigenvalue weighted by molar-refractivity contribution is 7.91. The SMILES string of the molecule is CS(=O)(=O)C1CCCCCN(c2nc(OCC34CCCN3CCC4)nc3c(F)c(-c4cccc5cccc(F)c45)ncc23)C1. The van der Waals surface area contributed by atoms with Crippen LogP contribution >= 0.6 is 0 Å². The number of benzene rings is 2. The normalized spacial score (nSPS) is 21.0. The van der Waals surface area contributed by atoms with Gasteiger partial charge in [-0.3, -0.25) is 9.88 Å². The van der Waals surface area contributed by atoms with E-state index in [-0.39, 0.29) is 34.7 Å². The maximum atomic E-state index is 16.7. The summed E-state index contributed by atoms with van der Waals surface area (Å²) < 4.78 is 63.4. The standard InChI is InChI=1S/C33H37F2N5O3S/c1-44(41,42)23-11-3-2-4-16-39(20-23)31-25-19-36-29(24-12-5-9-22-10-6-13-26(34)27(22)24)28(35)30(25)37-32(38-31)43-21-33-14-7-17-40(33)18-8-15-33/h5-6,9-10,12-13,19,23H,2-4,7-8,11,14-18,20-21H2,1H3. The maximum Gasteiger partial charge on any atom is 0.319 e. The van der Waals surface area contributed by atoms with E-state index in [1.807, 2.05) is 4.90 Å². The van der Waals surface area contributed by atoms with Crippen LogP contribution < -0.4 is 9.64 Å². The van der Waals surface area contributed by atoms with Gasteiger partial charge in [-0.2, -0.15) is 9.97 Å². The Hall–Kier alpha value is -3.44. The molecule has 3 aliphatic rings. The minimum atomic E-state index is -3.32. The second-order valence-electron chi connectivity index (χ2n) is 12.6. The number of fused-ring (bicyclic) bond motifs is 3. The van der Waals surface area contributed by atoms with E-state index in [1.54, 1.807) is 30.3 Å². The van der Waals surface area contributed by atoms with Gasteiger partial charge in [0.1, 0.15) is 29.5 Å². The fourth-order valence-corrected chi connectivity index (χ4v) is 8.53. The van der Waals surface area contributed by atoms with E-state index in [9.17, 15) is 8.42 Å². The van der Waals surface area contributed by atoms with Gasteiger partial charge in [-0.1, -0.05) is 43.2 Å². The van der Waals surface area contributed by atoms with Crippen LogP contribution in [0.25, 0.3) is 32.9 Å². The van der Waals surface area contributed by atoms with Crippen molar-refractivity contribution in [1.29, 1.82) is 0 Å². The second-order valence-corrected chi connectivity index (χ2v) is 14.9. The lowest BCUT2D eigenvalue weighted by Crippen LogP contribution is -2.43. The lowest BCUT2D eigenvalue weighted by molar-refractivity contribution is 0.108. The molecule has 0 spiro atoms. The van der Waals surface area contributed by atoms with Crippen molar-refractivity contribution in [2.45, 2.75) is 62.2 Å². The van der Waals surface area contributed by atoms with Gasteiger partial charge in [-0.15, -0.1) is 0 Å². The van der Waals surface area contributed by atoms with Crippen molar-refractivity contribution >= 4 is 37.3 Å². The van der Waals surface area contributed by atoms with Crippen LogP contribution in [0.1, 0.15) is 51.4 Å². The van der Waals surface area contributed by atoms with Crippen molar-refractivity contribution in [1.82, 2.24) is 19.9 Å². The topological polar surface area (TPSA) is 88.5 Å². The lowest BCUT2D eigenvalue weighted by atomic mass is 9.95. The Morgan fingerprint density at radius 1 is 0.977 bits per heavy atom. The van der Waals surface area contributed by atoms with Crippen LogP contribution in [0.2, 0.25) is 0 Å². The highest BCUT2D eigenvalue weighted by Crippen LogP contribution is 2.40. The molecule has 0 saturated carbocycles. The van der Waals surface area contributed by atoms with Crippen LogP contribution in [0.5, 0.6) is 6.01 Å². The van der Waals surface area contributed by atoms with Gasteiger partial charge in [0, 0.05) is 36.5 Å². The molecule has 7 rings (SSSR count). The Bertz CT molecular complexity index is 1820. The first-order chi connectivity index (χ1) is 21.2. The van der Waals surface area contributed by atoms with Crippen molar-refractivity contribution in [3.8, 4) is 17.3 Å². The second kappa shape index (κ2) is 11.5. The average molecular weight is 622 g/mol. The lowest BCUT2D eigenvalue weighted by Gasteiger charge is -2.32. The molecule has 5 heterocycles. The van der Waals surface area contributed by atoms with E-state index in [0.29, 0.717) is 41.7 Å². The van der Waals surface area contributed by atoms with E-state index in [2.05, 4.69) is 14.9 Å². The number of pyridine rings is 1. The van der Waals surface area contributed by atoms with E-state index in [0.717, 1.165) is 58.0 Å². The van der Waals surface area contributed by atoms with Crippen LogP contribution in [0.3, 0.4) is 0 Å². The highest BCUT2D eigenvalue weighted by Gasteiger charge is 2.45. The summed E-state index contributed by atoms with van der Waals surface area (Å²) in [5, 5.41) is 0.722. The number of ether oxygens (including phenoxy) is 1. The maximum absolute atomic E-state index is 16.7. The minimum Gasteiger partial charge on any atom is -0.461 e. The van der Waals surface area contributed by atoms with Crippen molar-refractivity contribution in [2.24, 2.45) is 0 Å². The van der Waals surface area contributed by atoms with E-state index >= 15 is 8.78 Å². The molecule has 232 valence electrons. The first kappa shape index (κ1) is 29.3. The molecule has 3 aliphatic heterocycles. The third kappa shape index (κ3) is 5.27. The Morgan fingerprint density at radius 3 is 2.52 bits per heavy atom. The van der Waals surface area contributed by atoms with Gasteiger partial charge in [0.2, 0.25) is 0 Å². The van der Waals surface area contributed by atoms with Crippen LogP contribution in [-0.2, 0) is 9.84 Å². The quantitative estimate of drug-likeness (QED) is 0.262. The summed E-state index contributed by atoms with van der Waals surface area (Å²) in [6, 6.07) is 10.00. The average Bonchev–Trinajstić information content (AvgIpc) is 3.56. The summed E-state index contributed by atoms with van der Waals surface area (Å²) in [7, 11) is -3.32. The summed E-state index contributed by atoms with van der Waals surface area (Å²) in [4.78, 5) is 18.3. The zero-order chi connectivity index (χ0) is 30.5. The fourth-order valence-electron chi connectivity index (χ4n) is 7.49. The number of nitrogens with zero attached hydrogens (tertiary/aromatic N) is 5. The number of hydrogen-bond donors (Lipinski definition) is 0. The monoisotopic (exact) mass is 621 g/mol. The van der Waals surface area contributed by atoms with Gasteiger partial charge in [0.05, 0.1) is 16.2 Å². The molecule has 0 N–H and O–H groups in total. The molecule has 3 saturated heterocycles. The molecule has 11 heteroatoms. The van der Waals surface area contributed by atoms with Crippen LogP contribution in [0.4, 0.5) is 14.6 Å². The van der Waals surface area contributed by atoms with Gasteiger partial charge in [0.15, 0.2) is 15.7 Å². The molecule has 1 unspecified atom stereocenters. The zero-order valence-electron chi connectivity index (χ0n) is 24.9. The Morgan fingerprint density at radius 2 is 1.75 bits per heavy atom. The van der Waals surface area contributed by atoms with E-state index in [4.69, 9.17) is 9.72 Å². The van der Waals surface area contributed by atoms with Crippen molar-refractivity contribution in [3.63, 3.8) is 0 Å². The van der Waals surface area contributed by atoms with Crippen LogP contribution in [-0.4, -0.2) is 78.1 Å². The number of sulfone groups is 1. The molecular formula is C33H37F2N5O3S. The molecule has 0 amide bonds. The first-order valence-corrected chi connectivity index (χ1v) is 17.5. The van der Waals surface area contributed by atoms with Crippen LogP contribution in [0.15, 0.2) is 42.6 Å². The van der Waals surface area contributed by atoms with Crippen LogP contribution in [0, 0.1) is 11.6 Å². The molecule has 0 bridgehead atoms. The summed E-state index contributed by atoms with van der Waals surface area (Å²) in [6.45, 7) is 3.28. The fraction of sp³-hybridized carbons (Fsp3) is 0.485. The summed E-state index contributed by atoms with van der Waals surface area (Å²) in [5.74, 6) is -0.744. The number of anilines is 1. The summed E-state index contributed by atoms with van der Waals surface area (Å²) in [5.41, 5.74) is 0.274. The van der Waals surface area contributed by atoms with Crippen molar-refractivity contribution in [2.75, 3.05) is 43.9 Å².